The first-order valence-corrected chi connectivity index (χ1v) is 15.1. The minimum absolute atomic E-state index is 0.0449. The fourth-order valence-corrected chi connectivity index (χ4v) is 6.61. The molecule has 3 aliphatic rings. The van der Waals surface area contributed by atoms with Crippen LogP contribution in [0.2, 0.25) is 0 Å². The minimum atomic E-state index is -0.688. The molecule has 6 nitrogen and oxygen atoms in total. The number of carboxylic acid groups (broad SMARTS) is 1. The van der Waals surface area contributed by atoms with Crippen molar-refractivity contribution in [1.29, 1.82) is 0 Å². The Hall–Kier alpha value is -2.77. The summed E-state index contributed by atoms with van der Waals surface area (Å²) in [7, 11) is 2.17. The summed E-state index contributed by atoms with van der Waals surface area (Å²) in [6, 6.07) is 15.8. The van der Waals surface area contributed by atoms with E-state index in [1.807, 2.05) is 36.4 Å². The highest BCUT2D eigenvalue weighted by Crippen LogP contribution is 2.35. The van der Waals surface area contributed by atoms with E-state index in [-0.39, 0.29) is 29.6 Å². The summed E-state index contributed by atoms with van der Waals surface area (Å²) in [5, 5.41) is 12.7. The molecule has 218 valence electrons. The van der Waals surface area contributed by atoms with Crippen LogP contribution in [0.15, 0.2) is 54.6 Å². The Balaban J connectivity index is 0.000000189. The molecule has 7 heteroatoms. The van der Waals surface area contributed by atoms with Gasteiger partial charge in [-0.25, -0.2) is 4.39 Å². The Morgan fingerprint density at radius 2 is 1.68 bits per heavy atom. The molecule has 2 aromatic rings. The van der Waals surface area contributed by atoms with E-state index in [9.17, 15) is 19.1 Å². The van der Waals surface area contributed by atoms with Gasteiger partial charge in [-0.1, -0.05) is 49.6 Å². The maximum absolute atomic E-state index is 13.4. The summed E-state index contributed by atoms with van der Waals surface area (Å²) >= 11 is 0. The Morgan fingerprint density at radius 3 is 2.35 bits per heavy atom. The van der Waals surface area contributed by atoms with Crippen LogP contribution in [0.3, 0.4) is 0 Å². The van der Waals surface area contributed by atoms with Crippen LogP contribution in [0, 0.1) is 17.7 Å². The van der Waals surface area contributed by atoms with Gasteiger partial charge in [-0.15, -0.1) is 0 Å². The number of nitrogens with one attached hydrogen (secondary N) is 1. The number of halogens is 1. The van der Waals surface area contributed by atoms with Gasteiger partial charge < -0.3 is 15.3 Å². The molecular weight excluding hydrogens is 505 g/mol. The minimum Gasteiger partial charge on any atom is -0.480 e. The molecule has 2 heterocycles. The van der Waals surface area contributed by atoms with Crippen LogP contribution < -0.4 is 5.32 Å². The molecule has 0 bridgehead atoms. The zero-order valence-electron chi connectivity index (χ0n) is 23.9. The van der Waals surface area contributed by atoms with E-state index in [0.29, 0.717) is 0 Å². The number of carbonyl (C=O) groups excluding carboxylic acids is 1. The fraction of sp³-hybridized carbons (Fsp3) is 0.576. The molecule has 1 aliphatic carbocycles. The molecule has 0 aromatic heterocycles. The van der Waals surface area contributed by atoms with Gasteiger partial charge >= 0.3 is 5.97 Å². The van der Waals surface area contributed by atoms with Crippen LogP contribution in [0.25, 0.3) is 0 Å². The normalized spacial score (nSPS) is 21.8. The monoisotopic (exact) mass is 551 g/mol. The van der Waals surface area contributed by atoms with E-state index in [4.69, 9.17) is 0 Å². The Bertz CT molecular complexity index is 1070. The van der Waals surface area contributed by atoms with Gasteiger partial charge in [0.1, 0.15) is 11.9 Å². The number of nitrogens with zero attached hydrogens (tertiary/aromatic N) is 2. The second-order valence-corrected chi connectivity index (χ2v) is 11.9. The highest BCUT2D eigenvalue weighted by Gasteiger charge is 2.38. The first-order valence-electron chi connectivity index (χ1n) is 15.1. The van der Waals surface area contributed by atoms with Crippen LogP contribution in [-0.4, -0.2) is 72.6 Å². The van der Waals surface area contributed by atoms with Gasteiger partial charge in [0.05, 0.1) is 0 Å². The molecule has 40 heavy (non-hydrogen) atoms. The van der Waals surface area contributed by atoms with Crippen molar-refractivity contribution >= 4 is 11.9 Å². The zero-order chi connectivity index (χ0) is 28.3. The third-order valence-electron chi connectivity index (χ3n) is 8.99. The summed E-state index contributed by atoms with van der Waals surface area (Å²) in [5.74, 6) is 0.448. The molecule has 1 amide bonds. The second kappa shape index (κ2) is 15.3. The third kappa shape index (κ3) is 8.87. The first-order chi connectivity index (χ1) is 19.4. The van der Waals surface area contributed by atoms with E-state index in [2.05, 4.69) is 22.2 Å². The summed E-state index contributed by atoms with van der Waals surface area (Å²) in [6.07, 6.45) is 10.1. The number of carbonyl (C=O) groups is 2. The van der Waals surface area contributed by atoms with Gasteiger partial charge in [0.2, 0.25) is 0 Å². The molecule has 2 saturated heterocycles. The third-order valence-corrected chi connectivity index (χ3v) is 8.99. The SMILES string of the molecule is CN1CCC(CCNC(=O)c2ccccc2)CC1.O=C(O)[C@@H](C1CCCCC1)N1CCC(c2cccc(F)c2)C1. The van der Waals surface area contributed by atoms with Gasteiger partial charge in [-0.2, -0.15) is 0 Å². The Labute approximate surface area is 238 Å². The van der Waals surface area contributed by atoms with Crippen molar-refractivity contribution in [3.63, 3.8) is 0 Å². The molecule has 1 unspecified atom stereocenters. The number of aliphatic carboxylic acids is 1. The number of rotatable bonds is 8. The van der Waals surface area contributed by atoms with E-state index in [1.54, 1.807) is 12.1 Å². The van der Waals surface area contributed by atoms with Gasteiger partial charge in [0.15, 0.2) is 0 Å². The average molecular weight is 552 g/mol. The van der Waals surface area contributed by atoms with Gasteiger partial charge in [0, 0.05) is 18.7 Å². The zero-order valence-corrected chi connectivity index (χ0v) is 23.9. The largest absolute Gasteiger partial charge is 0.480 e. The standard InChI is InChI=1S/C18H24FNO2.C15H22N2O/c19-16-8-4-7-14(11-16)15-9-10-20(12-15)17(18(21)22)13-5-2-1-3-6-13;1-17-11-8-13(9-12-17)7-10-16-15(18)14-5-3-2-4-6-14/h4,7-8,11,13,15,17H,1-3,5-6,9-10,12H2,(H,21,22);2-6,13H,7-12H2,1H3,(H,16,18)/t15?,17-;/m1./s1. The lowest BCUT2D eigenvalue weighted by Gasteiger charge is -2.33. The highest BCUT2D eigenvalue weighted by atomic mass is 19.1. The molecule has 0 spiro atoms. The maximum Gasteiger partial charge on any atom is 0.321 e. The highest BCUT2D eigenvalue weighted by molar-refractivity contribution is 5.94. The predicted molar refractivity (Wildman–Crippen MR) is 157 cm³/mol. The van der Waals surface area contributed by atoms with Crippen LogP contribution >= 0.6 is 0 Å². The van der Waals surface area contributed by atoms with E-state index < -0.39 is 5.97 Å². The smallest absolute Gasteiger partial charge is 0.321 e. The molecule has 2 aliphatic heterocycles. The second-order valence-electron chi connectivity index (χ2n) is 11.9. The van der Waals surface area contributed by atoms with Crippen molar-refractivity contribution in [2.45, 2.75) is 69.7 Å². The van der Waals surface area contributed by atoms with E-state index in [1.165, 1.54) is 38.4 Å². The van der Waals surface area contributed by atoms with Crippen LogP contribution in [0.5, 0.6) is 0 Å². The van der Waals surface area contributed by atoms with Gasteiger partial charge in [-0.05, 0) is 113 Å². The Morgan fingerprint density at radius 1 is 0.950 bits per heavy atom. The first kappa shape index (κ1) is 30.2. The van der Waals surface area contributed by atoms with E-state index >= 15 is 0 Å². The summed E-state index contributed by atoms with van der Waals surface area (Å²) in [6.45, 7) is 4.71. The molecule has 5 rings (SSSR count). The summed E-state index contributed by atoms with van der Waals surface area (Å²) in [4.78, 5) is 28.1. The molecule has 3 fully saturated rings. The average Bonchev–Trinajstić information content (AvgIpc) is 3.45. The summed E-state index contributed by atoms with van der Waals surface area (Å²) < 4.78 is 13.4. The van der Waals surface area contributed by atoms with Crippen molar-refractivity contribution in [3.05, 3.63) is 71.5 Å². The lowest BCUT2D eigenvalue weighted by molar-refractivity contribution is -0.145. The lowest BCUT2D eigenvalue weighted by atomic mass is 9.83. The van der Waals surface area contributed by atoms with E-state index in [0.717, 1.165) is 75.2 Å². The predicted octanol–water partition coefficient (Wildman–Crippen LogP) is 5.80. The number of hydrogen-bond acceptors (Lipinski definition) is 4. The van der Waals surface area contributed by atoms with Gasteiger partial charge in [0.25, 0.3) is 5.91 Å². The maximum atomic E-state index is 13.4. The van der Waals surface area contributed by atoms with Crippen molar-refractivity contribution in [3.8, 4) is 0 Å². The van der Waals surface area contributed by atoms with Gasteiger partial charge in [-0.3, -0.25) is 14.5 Å². The van der Waals surface area contributed by atoms with Crippen LogP contribution in [-0.2, 0) is 4.79 Å². The van der Waals surface area contributed by atoms with Crippen LogP contribution in [0.4, 0.5) is 4.39 Å². The molecule has 0 radical (unpaired) electrons. The summed E-state index contributed by atoms with van der Waals surface area (Å²) in [5.41, 5.74) is 1.75. The lowest BCUT2D eigenvalue weighted by Crippen LogP contribution is -2.45. The topological polar surface area (TPSA) is 72.9 Å². The number of carboxylic acids is 1. The van der Waals surface area contributed by atoms with Crippen molar-refractivity contribution < 1.29 is 19.1 Å². The number of benzene rings is 2. The van der Waals surface area contributed by atoms with Crippen molar-refractivity contribution in [2.24, 2.45) is 11.8 Å². The molecular formula is C33H46FN3O3. The number of amides is 1. The molecule has 2 atom stereocenters. The number of hydrogen-bond donors (Lipinski definition) is 2. The molecule has 1 saturated carbocycles. The Kier molecular flexibility index (Phi) is 11.5. The quantitative estimate of drug-likeness (QED) is 0.434. The fourth-order valence-electron chi connectivity index (χ4n) is 6.61. The van der Waals surface area contributed by atoms with Crippen molar-refractivity contribution in [2.75, 3.05) is 39.8 Å². The molecule has 2 aromatic carbocycles. The van der Waals surface area contributed by atoms with Crippen molar-refractivity contribution in [1.82, 2.24) is 15.1 Å². The number of likely N-dealkylation sites (tertiary alicyclic amines) is 2. The molecule has 2 N–H and O–H groups in total. The number of piperidine rings is 1. The van der Waals surface area contributed by atoms with Crippen LogP contribution in [0.1, 0.15) is 79.6 Å².